The number of benzene rings is 1. The second-order valence-electron chi connectivity index (χ2n) is 7.88. The molecule has 0 radical (unpaired) electrons. The first-order valence-corrected chi connectivity index (χ1v) is 13.1. The zero-order chi connectivity index (χ0) is 20.6. The van der Waals surface area contributed by atoms with E-state index in [0.717, 1.165) is 6.17 Å². The minimum Gasteiger partial charge on any atom is -0.394 e. The number of hydrogen-bond donors (Lipinski definition) is 3. The standard InChI is InChI=1S/C19H24ClN5O3Si/c1-29(2,12-6-4-3-5-7-12)11-22-17-16-18(24-19(20)23-17)25(10-21-16)15-8-13(27)14(9-26)28-15/h3-7,10,13-15,26-27H,8-9,11H2,1-2H3,(H,22,23,24). The van der Waals surface area contributed by atoms with E-state index in [2.05, 4.69) is 57.6 Å². The number of hydrogen-bond acceptors (Lipinski definition) is 7. The molecule has 1 fully saturated rings. The summed E-state index contributed by atoms with van der Waals surface area (Å²) in [6.45, 7) is 4.33. The molecule has 8 nitrogen and oxygen atoms in total. The molecule has 4 rings (SSSR count). The summed E-state index contributed by atoms with van der Waals surface area (Å²) in [5.74, 6) is 0.576. The maximum atomic E-state index is 10.0. The average molecular weight is 434 g/mol. The van der Waals surface area contributed by atoms with Crippen molar-refractivity contribution in [3.8, 4) is 0 Å². The topological polar surface area (TPSA) is 105 Å². The highest BCUT2D eigenvalue weighted by atomic mass is 35.5. The van der Waals surface area contributed by atoms with E-state index >= 15 is 0 Å². The van der Waals surface area contributed by atoms with Gasteiger partial charge in [0.1, 0.15) is 20.4 Å². The largest absolute Gasteiger partial charge is 0.394 e. The first-order valence-electron chi connectivity index (χ1n) is 9.53. The monoisotopic (exact) mass is 433 g/mol. The maximum Gasteiger partial charge on any atom is 0.226 e. The second-order valence-corrected chi connectivity index (χ2v) is 12.9. The van der Waals surface area contributed by atoms with Gasteiger partial charge in [-0.05, 0) is 11.6 Å². The Balaban J connectivity index is 1.60. The van der Waals surface area contributed by atoms with E-state index in [1.807, 2.05) is 6.07 Å². The first-order chi connectivity index (χ1) is 13.9. The van der Waals surface area contributed by atoms with Crippen molar-refractivity contribution in [2.75, 3.05) is 18.1 Å². The van der Waals surface area contributed by atoms with Gasteiger partial charge in [0.05, 0.1) is 19.0 Å². The zero-order valence-electron chi connectivity index (χ0n) is 16.3. The molecule has 29 heavy (non-hydrogen) atoms. The van der Waals surface area contributed by atoms with Gasteiger partial charge in [-0.15, -0.1) is 0 Å². The molecule has 1 aromatic carbocycles. The SMILES string of the molecule is C[Si](C)(CNc1nc(Cl)nc2c1ncn2C1CC(O)C(CO)O1)c1ccccc1. The predicted octanol–water partition coefficient (Wildman–Crippen LogP) is 1.69. The Bertz CT molecular complexity index is 1000. The summed E-state index contributed by atoms with van der Waals surface area (Å²) in [4.78, 5) is 13.1. The van der Waals surface area contributed by atoms with E-state index in [9.17, 15) is 10.2 Å². The highest BCUT2D eigenvalue weighted by molar-refractivity contribution is 6.90. The van der Waals surface area contributed by atoms with Crippen LogP contribution in [0.25, 0.3) is 11.2 Å². The van der Waals surface area contributed by atoms with Crippen LogP contribution in [0.2, 0.25) is 18.4 Å². The summed E-state index contributed by atoms with van der Waals surface area (Å²) in [6.07, 6.45) is 0.880. The number of rotatable bonds is 6. The molecule has 3 N–H and O–H groups in total. The van der Waals surface area contributed by atoms with Gasteiger partial charge in [-0.1, -0.05) is 48.6 Å². The van der Waals surface area contributed by atoms with Crippen LogP contribution in [0.15, 0.2) is 36.7 Å². The lowest BCUT2D eigenvalue weighted by Crippen LogP contribution is -2.48. The molecule has 154 valence electrons. The molecule has 1 aliphatic rings. The van der Waals surface area contributed by atoms with E-state index in [-0.39, 0.29) is 11.9 Å². The Morgan fingerprint density at radius 3 is 2.72 bits per heavy atom. The lowest BCUT2D eigenvalue weighted by atomic mass is 10.2. The van der Waals surface area contributed by atoms with Gasteiger partial charge in [-0.2, -0.15) is 9.97 Å². The van der Waals surface area contributed by atoms with Crippen molar-refractivity contribution in [2.24, 2.45) is 0 Å². The van der Waals surface area contributed by atoms with Gasteiger partial charge < -0.3 is 20.3 Å². The number of anilines is 1. The van der Waals surface area contributed by atoms with Crippen molar-refractivity contribution < 1.29 is 14.9 Å². The number of nitrogens with zero attached hydrogens (tertiary/aromatic N) is 4. The van der Waals surface area contributed by atoms with Crippen LogP contribution < -0.4 is 10.5 Å². The van der Waals surface area contributed by atoms with E-state index < -0.39 is 26.5 Å². The molecule has 3 atom stereocenters. The van der Waals surface area contributed by atoms with Gasteiger partial charge in [0, 0.05) is 12.6 Å². The summed E-state index contributed by atoms with van der Waals surface area (Å²) in [7, 11) is -1.74. The minimum atomic E-state index is -1.74. The normalized spacial score (nSPS) is 22.3. The third-order valence-corrected chi connectivity index (χ3v) is 8.47. The van der Waals surface area contributed by atoms with Gasteiger partial charge in [-0.25, -0.2) is 4.98 Å². The summed E-state index contributed by atoms with van der Waals surface area (Å²) in [5.41, 5.74) is 1.13. The molecule has 10 heteroatoms. The molecular weight excluding hydrogens is 410 g/mol. The third-order valence-electron chi connectivity index (χ3n) is 5.34. The lowest BCUT2D eigenvalue weighted by molar-refractivity contribution is -0.0432. The van der Waals surface area contributed by atoms with Crippen LogP contribution in [0.5, 0.6) is 0 Å². The van der Waals surface area contributed by atoms with Crippen LogP contribution in [0, 0.1) is 0 Å². The van der Waals surface area contributed by atoms with Crippen LogP contribution >= 0.6 is 11.6 Å². The average Bonchev–Trinajstić information content (AvgIpc) is 3.29. The highest BCUT2D eigenvalue weighted by Gasteiger charge is 2.35. The number of nitrogens with one attached hydrogen (secondary N) is 1. The molecule has 0 aliphatic carbocycles. The van der Waals surface area contributed by atoms with Crippen LogP contribution in [0.4, 0.5) is 5.82 Å². The fraction of sp³-hybridized carbons (Fsp3) is 0.421. The van der Waals surface area contributed by atoms with Crippen LogP contribution in [-0.4, -0.2) is 62.8 Å². The van der Waals surface area contributed by atoms with Crippen molar-refractivity contribution in [3.05, 3.63) is 41.9 Å². The van der Waals surface area contributed by atoms with E-state index in [1.54, 1.807) is 10.9 Å². The van der Waals surface area contributed by atoms with Crippen LogP contribution in [-0.2, 0) is 4.74 Å². The van der Waals surface area contributed by atoms with Gasteiger partial charge in [0.15, 0.2) is 17.0 Å². The zero-order valence-corrected chi connectivity index (χ0v) is 18.0. The minimum absolute atomic E-state index is 0.109. The smallest absolute Gasteiger partial charge is 0.226 e. The van der Waals surface area contributed by atoms with Gasteiger partial charge >= 0.3 is 0 Å². The molecule has 3 unspecified atom stereocenters. The molecule has 1 saturated heterocycles. The summed E-state index contributed by atoms with van der Waals surface area (Å²) >= 11 is 6.19. The highest BCUT2D eigenvalue weighted by Crippen LogP contribution is 2.32. The molecule has 3 heterocycles. The number of halogens is 1. The number of fused-ring (bicyclic) bond motifs is 1. The second kappa shape index (κ2) is 8.00. The van der Waals surface area contributed by atoms with Gasteiger partial charge in [0.2, 0.25) is 5.28 Å². The molecule has 0 amide bonds. The summed E-state index contributed by atoms with van der Waals surface area (Å²) in [6, 6.07) is 10.4. The van der Waals surface area contributed by atoms with Gasteiger partial charge in [0.25, 0.3) is 0 Å². The van der Waals surface area contributed by atoms with Crippen molar-refractivity contribution >= 4 is 41.8 Å². The number of aliphatic hydroxyl groups is 2. The van der Waals surface area contributed by atoms with Crippen molar-refractivity contribution in [2.45, 2.75) is 38.0 Å². The number of ether oxygens (including phenoxy) is 1. The van der Waals surface area contributed by atoms with E-state index in [4.69, 9.17) is 16.3 Å². The predicted molar refractivity (Wildman–Crippen MR) is 114 cm³/mol. The van der Waals surface area contributed by atoms with E-state index in [0.29, 0.717) is 23.4 Å². The Kier molecular flexibility index (Phi) is 5.58. The number of imidazole rings is 1. The molecule has 0 spiro atoms. The third kappa shape index (κ3) is 4.01. The number of aromatic nitrogens is 4. The summed E-state index contributed by atoms with van der Waals surface area (Å²) in [5, 5.41) is 24.2. The Labute approximate surface area is 174 Å². The fourth-order valence-electron chi connectivity index (χ4n) is 3.57. The lowest BCUT2D eigenvalue weighted by Gasteiger charge is -2.23. The molecule has 3 aromatic rings. The molecule has 2 aromatic heterocycles. The maximum absolute atomic E-state index is 10.0. The molecular formula is C19H24ClN5O3Si. The van der Waals surface area contributed by atoms with E-state index in [1.165, 1.54) is 5.19 Å². The van der Waals surface area contributed by atoms with Crippen molar-refractivity contribution in [1.82, 2.24) is 19.5 Å². The number of aliphatic hydroxyl groups excluding tert-OH is 2. The van der Waals surface area contributed by atoms with Crippen molar-refractivity contribution in [1.29, 1.82) is 0 Å². The summed E-state index contributed by atoms with van der Waals surface area (Å²) < 4.78 is 7.46. The molecule has 0 bridgehead atoms. The first kappa shape index (κ1) is 20.2. The Hall–Kier alpha value is -2.04. The molecule has 1 aliphatic heterocycles. The Morgan fingerprint density at radius 1 is 1.28 bits per heavy atom. The van der Waals surface area contributed by atoms with Crippen LogP contribution in [0.1, 0.15) is 12.6 Å². The van der Waals surface area contributed by atoms with Crippen LogP contribution in [0.3, 0.4) is 0 Å². The molecule has 0 saturated carbocycles. The fourth-order valence-corrected chi connectivity index (χ4v) is 5.64. The van der Waals surface area contributed by atoms with Crippen molar-refractivity contribution in [3.63, 3.8) is 0 Å². The quantitative estimate of drug-likeness (QED) is 0.401. The van der Waals surface area contributed by atoms with Gasteiger partial charge in [-0.3, -0.25) is 4.57 Å². The Morgan fingerprint density at radius 2 is 2.03 bits per heavy atom.